The summed E-state index contributed by atoms with van der Waals surface area (Å²) in [5, 5.41) is 8.07. The lowest BCUT2D eigenvalue weighted by atomic mass is 10.1. The normalized spacial score (nSPS) is 15.8. The molecule has 1 aliphatic heterocycles. The molecule has 0 radical (unpaired) electrons. The van der Waals surface area contributed by atoms with Crippen LogP contribution in [0.2, 0.25) is 0 Å². The lowest BCUT2D eigenvalue weighted by Crippen LogP contribution is -3.14. The number of morpholine rings is 1. The zero-order valence-corrected chi connectivity index (χ0v) is 15.2. The van der Waals surface area contributed by atoms with Gasteiger partial charge in [0.05, 0.1) is 32.6 Å². The van der Waals surface area contributed by atoms with Gasteiger partial charge >= 0.3 is 0 Å². The van der Waals surface area contributed by atoms with Gasteiger partial charge in [-0.15, -0.1) is 0 Å². The van der Waals surface area contributed by atoms with Crippen molar-refractivity contribution in [2.24, 2.45) is 5.10 Å². The van der Waals surface area contributed by atoms with Gasteiger partial charge in [-0.2, -0.15) is 5.10 Å². The van der Waals surface area contributed by atoms with E-state index in [9.17, 15) is 0 Å². The Morgan fingerprint density at radius 2 is 2.17 bits per heavy atom. The van der Waals surface area contributed by atoms with Crippen LogP contribution >= 0.6 is 12.2 Å². The van der Waals surface area contributed by atoms with Gasteiger partial charge in [0.2, 0.25) is 0 Å². The number of ether oxygens (including phenoxy) is 2. The molecule has 24 heavy (non-hydrogen) atoms. The van der Waals surface area contributed by atoms with Crippen LogP contribution in [-0.2, 0) is 4.74 Å². The molecule has 6 nitrogen and oxygen atoms in total. The van der Waals surface area contributed by atoms with Crippen LogP contribution in [-0.4, -0.2) is 57.3 Å². The third-order valence-corrected chi connectivity index (χ3v) is 4.24. The quantitative estimate of drug-likeness (QED) is 0.283. The number of nitrogens with one attached hydrogen (secondary N) is 3. The lowest BCUT2D eigenvalue weighted by Gasteiger charge is -2.23. The Bertz CT molecular complexity index is 559. The van der Waals surface area contributed by atoms with Crippen LogP contribution in [0.15, 0.2) is 29.4 Å². The fourth-order valence-corrected chi connectivity index (χ4v) is 2.68. The third kappa shape index (κ3) is 6.43. The molecule has 0 saturated carbocycles. The van der Waals surface area contributed by atoms with Gasteiger partial charge in [-0.05, 0) is 31.3 Å². The van der Waals surface area contributed by atoms with Crippen LogP contribution < -0.4 is 20.4 Å². The molecule has 0 unspecified atom stereocenters. The van der Waals surface area contributed by atoms with E-state index in [1.807, 2.05) is 31.2 Å². The number of hydrogen-bond donors (Lipinski definition) is 3. The minimum atomic E-state index is 0.550. The summed E-state index contributed by atoms with van der Waals surface area (Å²) in [7, 11) is 1.65. The molecule has 2 rings (SSSR count). The van der Waals surface area contributed by atoms with Crippen LogP contribution in [0, 0.1) is 0 Å². The summed E-state index contributed by atoms with van der Waals surface area (Å²) in [4.78, 5) is 1.61. The van der Waals surface area contributed by atoms with Crippen molar-refractivity contribution in [3.8, 4) is 5.75 Å². The summed E-state index contributed by atoms with van der Waals surface area (Å²) in [5.41, 5.74) is 4.76. The predicted molar refractivity (Wildman–Crippen MR) is 99.9 cm³/mol. The van der Waals surface area contributed by atoms with Crippen molar-refractivity contribution in [2.45, 2.75) is 13.3 Å². The first-order valence-electron chi connectivity index (χ1n) is 8.33. The Balaban J connectivity index is 1.67. The van der Waals surface area contributed by atoms with Crippen LogP contribution in [0.5, 0.6) is 5.75 Å². The van der Waals surface area contributed by atoms with Crippen molar-refractivity contribution in [2.75, 3.05) is 46.5 Å². The highest BCUT2D eigenvalue weighted by Gasteiger charge is 2.12. The average molecular weight is 351 g/mol. The number of benzene rings is 1. The summed E-state index contributed by atoms with van der Waals surface area (Å²) in [6, 6.07) is 7.79. The highest BCUT2D eigenvalue weighted by molar-refractivity contribution is 7.80. The molecule has 0 aromatic heterocycles. The van der Waals surface area contributed by atoms with Gasteiger partial charge in [-0.1, -0.05) is 12.1 Å². The monoisotopic (exact) mass is 351 g/mol. The summed E-state index contributed by atoms with van der Waals surface area (Å²) < 4.78 is 10.6. The van der Waals surface area contributed by atoms with Crippen molar-refractivity contribution >= 4 is 23.0 Å². The molecule has 7 heteroatoms. The van der Waals surface area contributed by atoms with Gasteiger partial charge < -0.3 is 19.7 Å². The Morgan fingerprint density at radius 1 is 1.38 bits per heavy atom. The number of rotatable bonds is 7. The molecule has 1 aromatic carbocycles. The molecule has 0 atom stereocenters. The molecule has 1 fully saturated rings. The molecule has 132 valence electrons. The number of methoxy groups -OCH3 is 1. The third-order valence-electron chi connectivity index (χ3n) is 4.01. The second kappa shape index (κ2) is 10.2. The van der Waals surface area contributed by atoms with Gasteiger partial charge in [-0.25, -0.2) is 0 Å². The van der Waals surface area contributed by atoms with Gasteiger partial charge in [0.1, 0.15) is 18.8 Å². The first-order chi connectivity index (χ1) is 11.7. The van der Waals surface area contributed by atoms with Gasteiger partial charge in [0.25, 0.3) is 0 Å². The molecule has 1 aromatic rings. The van der Waals surface area contributed by atoms with Crippen LogP contribution in [0.25, 0.3) is 0 Å². The van der Waals surface area contributed by atoms with E-state index in [0.717, 1.165) is 62.8 Å². The first kappa shape index (κ1) is 18.6. The van der Waals surface area contributed by atoms with E-state index in [2.05, 4.69) is 15.8 Å². The SMILES string of the molecule is COc1cccc(/C(C)=N\NC(=S)NCCC[NH+]2CCOCC2)c1. The average Bonchev–Trinajstić information content (AvgIpc) is 2.64. The molecule has 0 bridgehead atoms. The maximum atomic E-state index is 5.36. The van der Waals surface area contributed by atoms with E-state index in [1.54, 1.807) is 12.0 Å². The maximum absolute atomic E-state index is 5.36. The molecule has 1 saturated heterocycles. The van der Waals surface area contributed by atoms with Gasteiger partial charge in [0.15, 0.2) is 5.11 Å². The summed E-state index contributed by atoms with van der Waals surface area (Å²) in [6.45, 7) is 7.89. The Kier molecular flexibility index (Phi) is 7.94. The van der Waals surface area contributed by atoms with Crippen molar-refractivity contribution in [3.05, 3.63) is 29.8 Å². The summed E-state index contributed by atoms with van der Waals surface area (Å²) in [6.07, 6.45) is 1.08. The molecule has 1 aliphatic rings. The number of hydrogen-bond acceptors (Lipinski definition) is 4. The molecular weight excluding hydrogens is 324 g/mol. The second-order valence-corrected chi connectivity index (χ2v) is 6.17. The maximum Gasteiger partial charge on any atom is 0.186 e. The van der Waals surface area contributed by atoms with Crippen LogP contribution in [0.3, 0.4) is 0 Å². The Labute approximate surface area is 149 Å². The minimum Gasteiger partial charge on any atom is -0.497 e. The standard InChI is InChI=1S/C17H26N4O2S/c1-14(15-5-3-6-16(13-15)22-2)19-20-17(24)18-7-4-8-21-9-11-23-12-10-21/h3,5-6,13H,4,7-12H2,1-2H3,(H2,18,20,24)/p+1/b19-14-. The Morgan fingerprint density at radius 3 is 2.92 bits per heavy atom. The molecular formula is C17H27N4O2S+. The number of thiocarbonyl (C=S) groups is 1. The molecule has 1 heterocycles. The lowest BCUT2D eigenvalue weighted by molar-refractivity contribution is -0.908. The van der Waals surface area contributed by atoms with E-state index >= 15 is 0 Å². The van der Waals surface area contributed by atoms with Crippen molar-refractivity contribution < 1.29 is 14.4 Å². The highest BCUT2D eigenvalue weighted by atomic mass is 32.1. The zero-order chi connectivity index (χ0) is 17.2. The summed E-state index contributed by atoms with van der Waals surface area (Å²) >= 11 is 5.26. The summed E-state index contributed by atoms with van der Waals surface area (Å²) in [5.74, 6) is 0.813. The first-order valence-corrected chi connectivity index (χ1v) is 8.73. The van der Waals surface area contributed by atoms with Crippen LogP contribution in [0.4, 0.5) is 0 Å². The second-order valence-electron chi connectivity index (χ2n) is 5.76. The van der Waals surface area contributed by atoms with Crippen molar-refractivity contribution in [1.82, 2.24) is 10.7 Å². The fraction of sp³-hybridized carbons (Fsp3) is 0.529. The number of quaternary nitrogens is 1. The zero-order valence-electron chi connectivity index (χ0n) is 14.4. The number of nitrogens with zero attached hydrogens (tertiary/aromatic N) is 1. The fourth-order valence-electron chi connectivity index (χ4n) is 2.54. The van der Waals surface area contributed by atoms with E-state index < -0.39 is 0 Å². The molecule has 3 N–H and O–H groups in total. The van der Waals surface area contributed by atoms with Crippen LogP contribution in [0.1, 0.15) is 18.9 Å². The highest BCUT2D eigenvalue weighted by Crippen LogP contribution is 2.12. The minimum absolute atomic E-state index is 0.550. The number of hydrazone groups is 1. The van der Waals surface area contributed by atoms with E-state index in [-0.39, 0.29) is 0 Å². The smallest absolute Gasteiger partial charge is 0.186 e. The van der Waals surface area contributed by atoms with Crippen molar-refractivity contribution in [3.63, 3.8) is 0 Å². The largest absolute Gasteiger partial charge is 0.497 e. The van der Waals surface area contributed by atoms with Gasteiger partial charge in [-0.3, -0.25) is 5.43 Å². The van der Waals surface area contributed by atoms with E-state index in [4.69, 9.17) is 21.7 Å². The predicted octanol–water partition coefficient (Wildman–Crippen LogP) is 0.189. The Hall–Kier alpha value is -1.70. The van der Waals surface area contributed by atoms with Crippen molar-refractivity contribution in [1.29, 1.82) is 0 Å². The molecule has 0 aliphatic carbocycles. The topological polar surface area (TPSA) is 59.3 Å². The van der Waals surface area contributed by atoms with Gasteiger partial charge in [0, 0.05) is 18.5 Å². The molecule has 0 spiro atoms. The molecule has 0 amide bonds. The van der Waals surface area contributed by atoms with E-state index in [0.29, 0.717) is 5.11 Å². The van der Waals surface area contributed by atoms with E-state index in [1.165, 1.54) is 0 Å².